The van der Waals surface area contributed by atoms with Gasteiger partial charge in [0.15, 0.2) is 0 Å². The maximum atomic E-state index is 13.2. The molecule has 0 bridgehead atoms. The largest absolute Gasteiger partial charge is 0.335 e. The highest BCUT2D eigenvalue weighted by molar-refractivity contribution is 6.20. The standard InChI is InChI=1S/C15H26ClFN4O/c16-13-12(17)8-18-14(20-13)21-15(22)19-11-6-5-9-3-1-2-4-10(9)7-11/h9-14,18,20H,1-8H2,(H2,19,21,22). The maximum absolute atomic E-state index is 13.2. The second kappa shape index (κ2) is 7.32. The van der Waals surface area contributed by atoms with E-state index in [1.165, 1.54) is 32.1 Å². The zero-order valence-electron chi connectivity index (χ0n) is 12.8. The van der Waals surface area contributed by atoms with Crippen molar-refractivity contribution in [3.8, 4) is 0 Å². The highest BCUT2D eigenvalue weighted by atomic mass is 35.5. The van der Waals surface area contributed by atoms with Crippen LogP contribution in [0.3, 0.4) is 0 Å². The fraction of sp³-hybridized carbons (Fsp3) is 0.933. The first-order valence-corrected chi connectivity index (χ1v) is 8.90. The molecule has 7 heteroatoms. The van der Waals surface area contributed by atoms with Crippen molar-refractivity contribution in [3.63, 3.8) is 0 Å². The van der Waals surface area contributed by atoms with Crippen LogP contribution in [-0.4, -0.2) is 36.6 Å². The fourth-order valence-corrected chi connectivity index (χ4v) is 4.33. The van der Waals surface area contributed by atoms with Crippen molar-refractivity contribution in [2.24, 2.45) is 11.8 Å². The lowest BCUT2D eigenvalue weighted by atomic mass is 9.69. The predicted octanol–water partition coefficient (Wildman–Crippen LogP) is 2.02. The van der Waals surface area contributed by atoms with Gasteiger partial charge in [-0.05, 0) is 31.1 Å². The van der Waals surface area contributed by atoms with Crippen LogP contribution in [0.1, 0.15) is 44.9 Å². The molecule has 22 heavy (non-hydrogen) atoms. The number of alkyl halides is 2. The number of fused-ring (bicyclic) bond motifs is 1. The van der Waals surface area contributed by atoms with E-state index in [2.05, 4.69) is 21.3 Å². The Bertz CT molecular complexity index is 400. The van der Waals surface area contributed by atoms with Crippen LogP contribution in [0.25, 0.3) is 0 Å². The SMILES string of the molecule is O=C(NC1CCC2CCCCC2C1)NC1NCC(F)C(Cl)N1. The summed E-state index contributed by atoms with van der Waals surface area (Å²) in [5.41, 5.74) is -0.774. The lowest BCUT2D eigenvalue weighted by Crippen LogP contribution is -2.66. The van der Waals surface area contributed by atoms with Crippen LogP contribution in [0.15, 0.2) is 0 Å². The molecule has 6 unspecified atom stereocenters. The van der Waals surface area contributed by atoms with E-state index < -0.39 is 18.0 Å². The summed E-state index contributed by atoms with van der Waals surface area (Å²) in [7, 11) is 0. The Morgan fingerprint density at radius 1 is 1.09 bits per heavy atom. The van der Waals surface area contributed by atoms with Gasteiger partial charge in [-0.2, -0.15) is 0 Å². The summed E-state index contributed by atoms with van der Waals surface area (Å²) in [5, 5.41) is 11.5. The van der Waals surface area contributed by atoms with Crippen molar-refractivity contribution >= 4 is 17.6 Å². The van der Waals surface area contributed by atoms with Crippen LogP contribution in [-0.2, 0) is 0 Å². The van der Waals surface area contributed by atoms with Gasteiger partial charge in [0.1, 0.15) is 18.0 Å². The first-order chi connectivity index (χ1) is 10.6. The minimum Gasteiger partial charge on any atom is -0.335 e. The van der Waals surface area contributed by atoms with E-state index in [0.29, 0.717) is 0 Å². The van der Waals surface area contributed by atoms with E-state index >= 15 is 0 Å². The Balaban J connectivity index is 1.42. The van der Waals surface area contributed by atoms with Gasteiger partial charge in [0.05, 0.1) is 0 Å². The molecule has 5 nitrogen and oxygen atoms in total. The number of nitrogens with one attached hydrogen (secondary N) is 4. The summed E-state index contributed by atoms with van der Waals surface area (Å²) in [5.74, 6) is 1.65. The minimum atomic E-state index is -1.15. The fourth-order valence-electron chi connectivity index (χ4n) is 4.11. The molecule has 3 rings (SSSR count). The van der Waals surface area contributed by atoms with Crippen LogP contribution in [0.2, 0.25) is 0 Å². The number of hydrogen-bond acceptors (Lipinski definition) is 3. The molecule has 0 aromatic carbocycles. The number of amides is 2. The first kappa shape index (κ1) is 16.3. The van der Waals surface area contributed by atoms with Gasteiger partial charge in [0.2, 0.25) is 0 Å². The zero-order valence-corrected chi connectivity index (χ0v) is 13.5. The molecule has 3 aliphatic rings. The number of carbonyl (C=O) groups excluding carboxylic acids is 1. The predicted molar refractivity (Wildman–Crippen MR) is 84.2 cm³/mol. The van der Waals surface area contributed by atoms with Gasteiger partial charge < -0.3 is 10.6 Å². The Morgan fingerprint density at radius 3 is 2.64 bits per heavy atom. The van der Waals surface area contributed by atoms with Crippen molar-refractivity contribution in [3.05, 3.63) is 0 Å². The van der Waals surface area contributed by atoms with Crippen LogP contribution in [0.5, 0.6) is 0 Å². The van der Waals surface area contributed by atoms with E-state index in [9.17, 15) is 9.18 Å². The summed E-state index contributed by atoms with van der Waals surface area (Å²) in [4.78, 5) is 12.1. The number of carbonyl (C=O) groups is 1. The molecule has 2 amide bonds. The molecule has 0 aromatic rings. The Hall–Kier alpha value is -0.590. The second-order valence-corrected chi connectivity index (χ2v) is 7.33. The molecule has 3 fully saturated rings. The van der Waals surface area contributed by atoms with Gasteiger partial charge in [-0.15, -0.1) is 11.6 Å². The smallest absolute Gasteiger partial charge is 0.317 e. The summed E-state index contributed by atoms with van der Waals surface area (Å²) >= 11 is 5.82. The van der Waals surface area contributed by atoms with Crippen LogP contribution in [0, 0.1) is 11.8 Å². The maximum Gasteiger partial charge on any atom is 0.317 e. The first-order valence-electron chi connectivity index (χ1n) is 8.46. The number of urea groups is 1. The van der Waals surface area contributed by atoms with Crippen molar-refractivity contribution in [1.29, 1.82) is 0 Å². The number of hydrogen-bond donors (Lipinski definition) is 4. The van der Waals surface area contributed by atoms with Crippen LogP contribution >= 0.6 is 11.6 Å². The molecule has 6 atom stereocenters. The van der Waals surface area contributed by atoms with Gasteiger partial charge in [0, 0.05) is 12.6 Å². The number of rotatable bonds is 2. The van der Waals surface area contributed by atoms with Gasteiger partial charge in [0.25, 0.3) is 0 Å². The molecule has 0 spiro atoms. The van der Waals surface area contributed by atoms with Gasteiger partial charge >= 0.3 is 6.03 Å². The quantitative estimate of drug-likeness (QED) is 0.462. The van der Waals surface area contributed by atoms with Crippen molar-refractivity contribution in [2.75, 3.05) is 6.54 Å². The molecule has 0 radical (unpaired) electrons. The highest BCUT2D eigenvalue weighted by Gasteiger charge is 2.33. The van der Waals surface area contributed by atoms with Gasteiger partial charge in [-0.3, -0.25) is 10.6 Å². The average molecular weight is 333 g/mol. The third-order valence-electron chi connectivity index (χ3n) is 5.31. The molecule has 1 heterocycles. The second-order valence-electron chi connectivity index (χ2n) is 6.86. The summed E-state index contributed by atoms with van der Waals surface area (Å²) < 4.78 is 13.2. The Kier molecular flexibility index (Phi) is 5.42. The molecule has 1 saturated heterocycles. The third kappa shape index (κ3) is 4.03. The average Bonchev–Trinajstić information content (AvgIpc) is 2.51. The molecule has 126 valence electrons. The molecule has 4 N–H and O–H groups in total. The Labute approximate surface area is 136 Å². The normalized spacial score (nSPS) is 42.3. The van der Waals surface area contributed by atoms with E-state index in [4.69, 9.17) is 11.6 Å². The monoisotopic (exact) mass is 332 g/mol. The van der Waals surface area contributed by atoms with E-state index in [-0.39, 0.29) is 18.6 Å². The van der Waals surface area contributed by atoms with E-state index in [1.807, 2.05) is 0 Å². The van der Waals surface area contributed by atoms with Gasteiger partial charge in [-0.25, -0.2) is 9.18 Å². The third-order valence-corrected chi connectivity index (χ3v) is 5.71. The lowest BCUT2D eigenvalue weighted by Gasteiger charge is -2.39. The van der Waals surface area contributed by atoms with Crippen molar-refractivity contribution in [1.82, 2.24) is 21.3 Å². The highest BCUT2D eigenvalue weighted by Crippen LogP contribution is 2.40. The Morgan fingerprint density at radius 2 is 1.86 bits per heavy atom. The molecule has 2 aliphatic carbocycles. The molecule has 0 aromatic heterocycles. The molecular weight excluding hydrogens is 307 g/mol. The minimum absolute atomic E-state index is 0.138. The molecule has 2 saturated carbocycles. The van der Waals surface area contributed by atoms with Crippen molar-refractivity contribution in [2.45, 2.75) is 69.0 Å². The van der Waals surface area contributed by atoms with Crippen molar-refractivity contribution < 1.29 is 9.18 Å². The van der Waals surface area contributed by atoms with Crippen LogP contribution in [0.4, 0.5) is 9.18 Å². The summed E-state index contributed by atoms with van der Waals surface area (Å²) in [6.07, 6.45) is 7.11. The van der Waals surface area contributed by atoms with Gasteiger partial charge in [-0.1, -0.05) is 25.7 Å². The van der Waals surface area contributed by atoms with E-state index in [1.54, 1.807) is 0 Å². The van der Waals surface area contributed by atoms with E-state index in [0.717, 1.165) is 24.7 Å². The topological polar surface area (TPSA) is 65.2 Å². The summed E-state index contributed by atoms with van der Waals surface area (Å²) in [6, 6.07) is 0.0362. The molecule has 1 aliphatic heterocycles. The number of halogens is 2. The van der Waals surface area contributed by atoms with Crippen LogP contribution < -0.4 is 21.3 Å². The molecular formula is C15H26ClFN4O. The summed E-state index contributed by atoms with van der Waals surface area (Å²) in [6.45, 7) is 0.138. The zero-order chi connectivity index (χ0) is 15.5. The lowest BCUT2D eigenvalue weighted by molar-refractivity contribution is 0.141.